The normalized spacial score (nSPS) is 10.8. The van der Waals surface area contributed by atoms with E-state index < -0.39 is 0 Å². The van der Waals surface area contributed by atoms with Gasteiger partial charge in [-0.05, 0) is 50.2 Å². The van der Waals surface area contributed by atoms with Gasteiger partial charge in [0.1, 0.15) is 0 Å². The molecule has 2 aromatic heterocycles. The van der Waals surface area contributed by atoms with Gasteiger partial charge in [-0.3, -0.25) is 9.36 Å². The summed E-state index contributed by atoms with van der Waals surface area (Å²) in [5.41, 5.74) is 2.83. The van der Waals surface area contributed by atoms with Crippen molar-refractivity contribution in [1.29, 1.82) is 0 Å². The van der Waals surface area contributed by atoms with Gasteiger partial charge >= 0.3 is 0 Å². The van der Waals surface area contributed by atoms with Crippen LogP contribution < -0.4 is 0 Å². The van der Waals surface area contributed by atoms with E-state index in [1.165, 1.54) is 11.3 Å². The number of rotatable bonds is 3. The second kappa shape index (κ2) is 5.47. The van der Waals surface area contributed by atoms with Gasteiger partial charge in [0.05, 0.1) is 11.1 Å². The number of aryl methyl sites for hydroxylation is 2. The number of nitrogens with zero attached hydrogens (tertiary/aromatic N) is 2. The first-order valence-corrected chi connectivity index (χ1v) is 7.67. The highest BCUT2D eigenvalue weighted by Gasteiger charge is 2.15. The Labute approximate surface area is 131 Å². The van der Waals surface area contributed by atoms with Crippen molar-refractivity contribution in [3.63, 3.8) is 0 Å². The van der Waals surface area contributed by atoms with E-state index in [2.05, 4.69) is 4.98 Å². The van der Waals surface area contributed by atoms with E-state index in [1.54, 1.807) is 30.5 Å². The number of benzene rings is 1. The lowest BCUT2D eigenvalue weighted by Crippen LogP contribution is -1.98. The molecule has 0 bridgehead atoms. The van der Waals surface area contributed by atoms with Crippen LogP contribution in [0.2, 0.25) is 5.02 Å². The minimum absolute atomic E-state index is 0.0297. The van der Waals surface area contributed by atoms with Gasteiger partial charge < -0.3 is 0 Å². The summed E-state index contributed by atoms with van der Waals surface area (Å²) >= 11 is 7.24. The Morgan fingerprint density at radius 2 is 1.71 bits per heavy atom. The van der Waals surface area contributed by atoms with Crippen molar-refractivity contribution < 1.29 is 4.79 Å². The van der Waals surface area contributed by atoms with E-state index >= 15 is 0 Å². The fraction of sp³-hybridized carbons (Fsp3) is 0.125. The molecule has 0 unspecified atom stereocenters. The highest BCUT2D eigenvalue weighted by molar-refractivity contribution is 7.16. The number of thiazole rings is 1. The largest absolute Gasteiger partial charge is 0.295 e. The maximum absolute atomic E-state index is 12.4. The highest BCUT2D eigenvalue weighted by atomic mass is 35.5. The summed E-state index contributed by atoms with van der Waals surface area (Å²) in [5, 5.41) is 1.43. The van der Waals surface area contributed by atoms with Crippen LogP contribution in [-0.2, 0) is 0 Å². The minimum Gasteiger partial charge on any atom is -0.295 e. The van der Waals surface area contributed by atoms with E-state index in [0.717, 1.165) is 16.5 Å². The van der Waals surface area contributed by atoms with Crippen LogP contribution in [0.3, 0.4) is 0 Å². The number of hydrogen-bond donors (Lipinski definition) is 0. The van der Waals surface area contributed by atoms with Crippen molar-refractivity contribution in [2.45, 2.75) is 13.8 Å². The van der Waals surface area contributed by atoms with Crippen molar-refractivity contribution >= 4 is 28.7 Å². The van der Waals surface area contributed by atoms with Gasteiger partial charge in [0.2, 0.25) is 5.78 Å². The van der Waals surface area contributed by atoms with Crippen LogP contribution in [0.1, 0.15) is 26.6 Å². The lowest BCUT2D eigenvalue weighted by molar-refractivity contribution is 0.104. The third-order valence-electron chi connectivity index (χ3n) is 3.29. The molecule has 2 heterocycles. The predicted molar refractivity (Wildman–Crippen MR) is 85.8 cm³/mol. The number of ketones is 1. The summed E-state index contributed by atoms with van der Waals surface area (Å²) in [6.45, 7) is 4.05. The van der Waals surface area contributed by atoms with E-state index in [4.69, 9.17) is 11.6 Å². The van der Waals surface area contributed by atoms with Gasteiger partial charge in [0.25, 0.3) is 0 Å². The number of carbonyl (C=O) groups is 1. The topological polar surface area (TPSA) is 34.9 Å². The van der Waals surface area contributed by atoms with Crippen LogP contribution in [-0.4, -0.2) is 15.3 Å². The lowest BCUT2D eigenvalue weighted by Gasteiger charge is -2.03. The van der Waals surface area contributed by atoms with Crippen molar-refractivity contribution in [3.05, 3.63) is 69.4 Å². The molecule has 3 aromatic rings. The molecular formula is C16H13ClN2OS. The summed E-state index contributed by atoms with van der Waals surface area (Å²) in [7, 11) is 0. The predicted octanol–water partition coefficient (Wildman–Crippen LogP) is 4.44. The van der Waals surface area contributed by atoms with E-state index in [-0.39, 0.29) is 5.78 Å². The molecule has 5 heteroatoms. The Kier molecular flexibility index (Phi) is 3.66. The number of hydrogen-bond acceptors (Lipinski definition) is 3. The van der Waals surface area contributed by atoms with E-state index in [1.807, 2.05) is 30.5 Å². The molecule has 3 nitrogen and oxygen atoms in total. The Bertz CT molecular complexity index is 783. The summed E-state index contributed by atoms with van der Waals surface area (Å²) in [5.74, 6) is -0.0297. The first kappa shape index (κ1) is 14.0. The van der Waals surface area contributed by atoms with Crippen LogP contribution in [0.4, 0.5) is 0 Å². The Balaban J connectivity index is 1.95. The summed E-state index contributed by atoms with van der Waals surface area (Å²) < 4.78 is 2.04. The Morgan fingerprint density at radius 1 is 1.10 bits per heavy atom. The zero-order valence-electron chi connectivity index (χ0n) is 11.6. The summed E-state index contributed by atoms with van der Waals surface area (Å²) in [4.78, 5) is 17.4. The highest BCUT2D eigenvalue weighted by Crippen LogP contribution is 2.24. The summed E-state index contributed by atoms with van der Waals surface area (Å²) in [6, 6.07) is 11.0. The minimum atomic E-state index is -0.0297. The number of aromatic nitrogens is 2. The van der Waals surface area contributed by atoms with Gasteiger partial charge in [0.15, 0.2) is 5.13 Å². The number of carbonyl (C=O) groups excluding carboxylic acids is 1. The zero-order chi connectivity index (χ0) is 15.0. The average molecular weight is 317 g/mol. The molecule has 0 radical (unpaired) electrons. The molecule has 106 valence electrons. The van der Waals surface area contributed by atoms with Gasteiger partial charge in [-0.15, -0.1) is 0 Å². The van der Waals surface area contributed by atoms with E-state index in [9.17, 15) is 4.79 Å². The Hall–Kier alpha value is -1.91. The third kappa shape index (κ3) is 2.64. The lowest BCUT2D eigenvalue weighted by atomic mass is 10.1. The molecule has 0 atom stereocenters. The zero-order valence-corrected chi connectivity index (χ0v) is 13.2. The molecule has 0 aliphatic heterocycles. The molecule has 0 aliphatic rings. The van der Waals surface area contributed by atoms with Crippen LogP contribution in [0.25, 0.3) is 5.13 Å². The maximum Gasteiger partial charge on any atom is 0.204 e. The molecule has 0 saturated heterocycles. The standard InChI is InChI=1S/C16H13ClN2OS/c1-10-3-4-11(2)19(10)16-18-9-14(21-16)15(20)12-5-7-13(17)8-6-12/h3-9H,1-2H3. The third-order valence-corrected chi connectivity index (χ3v) is 4.52. The molecule has 0 aliphatic carbocycles. The molecule has 0 fully saturated rings. The van der Waals surface area contributed by atoms with Gasteiger partial charge in [0, 0.05) is 22.0 Å². The van der Waals surface area contributed by atoms with Crippen LogP contribution in [0, 0.1) is 13.8 Å². The molecule has 0 saturated carbocycles. The van der Waals surface area contributed by atoms with Crippen LogP contribution >= 0.6 is 22.9 Å². The second-order valence-corrected chi connectivity index (χ2v) is 6.24. The molecule has 3 rings (SSSR count). The Morgan fingerprint density at radius 3 is 2.33 bits per heavy atom. The first-order valence-electron chi connectivity index (χ1n) is 6.47. The van der Waals surface area contributed by atoms with Gasteiger partial charge in [-0.25, -0.2) is 4.98 Å². The van der Waals surface area contributed by atoms with Gasteiger partial charge in [-0.1, -0.05) is 22.9 Å². The van der Waals surface area contributed by atoms with Gasteiger partial charge in [-0.2, -0.15) is 0 Å². The smallest absolute Gasteiger partial charge is 0.204 e. The fourth-order valence-electron chi connectivity index (χ4n) is 2.19. The molecule has 21 heavy (non-hydrogen) atoms. The van der Waals surface area contributed by atoms with Crippen molar-refractivity contribution in [2.24, 2.45) is 0 Å². The molecule has 1 aromatic carbocycles. The number of halogens is 1. The van der Waals surface area contributed by atoms with Crippen molar-refractivity contribution in [2.75, 3.05) is 0 Å². The monoisotopic (exact) mass is 316 g/mol. The SMILES string of the molecule is Cc1ccc(C)n1-c1ncc(C(=O)c2ccc(Cl)cc2)s1. The average Bonchev–Trinajstić information content (AvgIpc) is 3.06. The summed E-state index contributed by atoms with van der Waals surface area (Å²) in [6.07, 6.45) is 1.63. The van der Waals surface area contributed by atoms with Crippen LogP contribution in [0.5, 0.6) is 0 Å². The molecule has 0 N–H and O–H groups in total. The van der Waals surface area contributed by atoms with Crippen LogP contribution in [0.15, 0.2) is 42.6 Å². The molecule has 0 spiro atoms. The van der Waals surface area contributed by atoms with Crippen molar-refractivity contribution in [3.8, 4) is 5.13 Å². The van der Waals surface area contributed by atoms with Crippen molar-refractivity contribution in [1.82, 2.24) is 9.55 Å². The maximum atomic E-state index is 12.4. The fourth-order valence-corrected chi connectivity index (χ4v) is 3.31. The quantitative estimate of drug-likeness (QED) is 0.670. The first-order chi connectivity index (χ1) is 10.1. The molecular weight excluding hydrogens is 304 g/mol. The second-order valence-electron chi connectivity index (χ2n) is 4.79. The van der Waals surface area contributed by atoms with E-state index in [0.29, 0.717) is 15.5 Å². The molecule has 0 amide bonds.